The topological polar surface area (TPSA) is 93.1 Å². The zero-order valence-electron chi connectivity index (χ0n) is 20.5. The van der Waals surface area contributed by atoms with Gasteiger partial charge in [0.1, 0.15) is 12.1 Å². The highest BCUT2D eigenvalue weighted by Gasteiger charge is 2.31. The van der Waals surface area contributed by atoms with Gasteiger partial charge in [-0.05, 0) is 66.5 Å². The van der Waals surface area contributed by atoms with Crippen molar-refractivity contribution in [3.8, 4) is 11.4 Å². The summed E-state index contributed by atoms with van der Waals surface area (Å²) in [6.45, 7) is 4.15. The summed E-state index contributed by atoms with van der Waals surface area (Å²) in [6, 6.07) is 12.6. The molecule has 1 unspecified atom stereocenters. The van der Waals surface area contributed by atoms with Gasteiger partial charge in [-0.15, -0.1) is 13.2 Å². The standard InChI is InChI=1S/C26H25F3N6O2S/c1-16(2)21-5-3-4-6-22(21)32-25(38)33-24(36)31-18-9-7-17(8-10-18)23-30-15-35(34-23)19-11-13-20(14-12-19)37-26(27,28)29/h3-7,9-17H,8H2,1-2H3,(H3,31,32,33,36,38). The molecule has 1 aliphatic rings. The number of aromatic nitrogens is 3. The van der Waals surface area contributed by atoms with Crippen molar-refractivity contribution in [3.63, 3.8) is 0 Å². The third-order valence-electron chi connectivity index (χ3n) is 5.59. The molecule has 0 aliphatic heterocycles. The summed E-state index contributed by atoms with van der Waals surface area (Å²) in [7, 11) is 0. The summed E-state index contributed by atoms with van der Waals surface area (Å²) < 4.78 is 42.4. The number of nitrogens with zero attached hydrogens (tertiary/aromatic N) is 3. The Labute approximate surface area is 222 Å². The molecule has 0 spiro atoms. The minimum atomic E-state index is -4.75. The van der Waals surface area contributed by atoms with Crippen LogP contribution in [0.1, 0.15) is 43.5 Å². The Balaban J connectivity index is 1.29. The SMILES string of the molecule is CC(C)c1ccccc1NC(=S)NC(=O)NC1=CCC(c2ncn(-c3ccc(OC(F)(F)F)cc3)n2)C=C1. The smallest absolute Gasteiger partial charge is 0.406 e. The van der Waals surface area contributed by atoms with E-state index in [1.807, 2.05) is 36.4 Å². The van der Waals surface area contributed by atoms with Crippen LogP contribution in [0.2, 0.25) is 0 Å². The van der Waals surface area contributed by atoms with E-state index in [2.05, 4.69) is 44.6 Å². The van der Waals surface area contributed by atoms with Gasteiger partial charge in [0, 0.05) is 17.3 Å². The number of hydrogen-bond donors (Lipinski definition) is 3. The third-order valence-corrected chi connectivity index (χ3v) is 5.80. The summed E-state index contributed by atoms with van der Waals surface area (Å²) in [5.41, 5.74) is 3.06. The highest BCUT2D eigenvalue weighted by molar-refractivity contribution is 7.80. The number of rotatable bonds is 6. The van der Waals surface area contributed by atoms with Gasteiger partial charge in [-0.2, -0.15) is 5.10 Å². The lowest BCUT2D eigenvalue weighted by atomic mass is 9.99. The second-order valence-electron chi connectivity index (χ2n) is 8.73. The Morgan fingerprint density at radius 3 is 2.53 bits per heavy atom. The van der Waals surface area contributed by atoms with E-state index >= 15 is 0 Å². The maximum Gasteiger partial charge on any atom is 0.573 e. The normalized spacial score (nSPS) is 15.1. The van der Waals surface area contributed by atoms with Crippen LogP contribution in [0.3, 0.4) is 0 Å². The van der Waals surface area contributed by atoms with Gasteiger partial charge < -0.3 is 15.4 Å². The fourth-order valence-corrected chi connectivity index (χ4v) is 4.01. The average molecular weight is 543 g/mol. The minimum absolute atomic E-state index is 0.132. The van der Waals surface area contributed by atoms with E-state index < -0.39 is 12.4 Å². The number of urea groups is 1. The zero-order chi connectivity index (χ0) is 27.3. The molecule has 0 bridgehead atoms. The molecule has 1 aromatic heterocycles. The number of para-hydroxylation sites is 1. The monoisotopic (exact) mass is 542 g/mol. The van der Waals surface area contributed by atoms with Crippen molar-refractivity contribution in [2.75, 3.05) is 5.32 Å². The van der Waals surface area contributed by atoms with E-state index in [4.69, 9.17) is 12.2 Å². The minimum Gasteiger partial charge on any atom is -0.406 e. The van der Waals surface area contributed by atoms with E-state index in [9.17, 15) is 18.0 Å². The lowest BCUT2D eigenvalue weighted by Crippen LogP contribution is -2.41. The molecular formula is C26H25F3N6O2S. The predicted octanol–water partition coefficient (Wildman–Crippen LogP) is 5.91. The molecule has 2 aromatic carbocycles. The molecule has 38 heavy (non-hydrogen) atoms. The van der Waals surface area contributed by atoms with Crippen molar-refractivity contribution in [1.82, 2.24) is 25.4 Å². The lowest BCUT2D eigenvalue weighted by Gasteiger charge is -2.17. The van der Waals surface area contributed by atoms with Gasteiger partial charge in [-0.25, -0.2) is 14.5 Å². The van der Waals surface area contributed by atoms with Gasteiger partial charge in [0.05, 0.1) is 5.69 Å². The predicted molar refractivity (Wildman–Crippen MR) is 141 cm³/mol. The highest BCUT2D eigenvalue weighted by atomic mass is 32.1. The number of alkyl halides is 3. The number of allylic oxidation sites excluding steroid dienone is 3. The second kappa shape index (κ2) is 11.5. The second-order valence-corrected chi connectivity index (χ2v) is 9.13. The molecule has 0 saturated heterocycles. The van der Waals surface area contributed by atoms with E-state index in [-0.39, 0.29) is 16.8 Å². The third kappa shape index (κ3) is 7.19. The lowest BCUT2D eigenvalue weighted by molar-refractivity contribution is -0.274. The van der Waals surface area contributed by atoms with E-state index in [1.54, 1.807) is 6.08 Å². The summed E-state index contributed by atoms with van der Waals surface area (Å²) >= 11 is 5.29. The van der Waals surface area contributed by atoms with Crippen molar-refractivity contribution in [2.24, 2.45) is 0 Å². The number of carbonyl (C=O) groups excluding carboxylic acids is 1. The summed E-state index contributed by atoms with van der Waals surface area (Å²) in [4.78, 5) is 16.7. The molecule has 1 aliphatic carbocycles. The van der Waals surface area contributed by atoms with Gasteiger partial charge in [0.25, 0.3) is 0 Å². The molecule has 1 heterocycles. The molecular weight excluding hydrogens is 517 g/mol. The summed E-state index contributed by atoms with van der Waals surface area (Å²) in [5, 5.41) is 13.1. The number of carbonyl (C=O) groups is 1. The fraction of sp³-hybridized carbons (Fsp3) is 0.231. The number of ether oxygens (including phenoxy) is 1. The number of nitrogens with one attached hydrogen (secondary N) is 3. The van der Waals surface area contributed by atoms with Crippen molar-refractivity contribution < 1.29 is 22.7 Å². The molecule has 3 N–H and O–H groups in total. The summed E-state index contributed by atoms with van der Waals surface area (Å²) in [5.74, 6) is 0.377. The number of thiocarbonyl (C=S) groups is 1. The maximum atomic E-state index is 12.4. The van der Waals surface area contributed by atoms with Crippen molar-refractivity contribution in [1.29, 1.82) is 0 Å². The van der Waals surface area contributed by atoms with E-state index in [1.165, 1.54) is 35.3 Å². The molecule has 8 nitrogen and oxygen atoms in total. The first-order valence-corrected chi connectivity index (χ1v) is 12.1. The molecule has 0 fully saturated rings. The molecule has 0 radical (unpaired) electrons. The number of benzene rings is 2. The number of amides is 2. The van der Waals surface area contributed by atoms with Crippen LogP contribution in [-0.4, -0.2) is 32.3 Å². The van der Waals surface area contributed by atoms with Crippen LogP contribution in [-0.2, 0) is 0 Å². The molecule has 2 amide bonds. The van der Waals surface area contributed by atoms with Crippen LogP contribution in [0.15, 0.2) is 78.8 Å². The number of anilines is 1. The van der Waals surface area contributed by atoms with Gasteiger partial charge in [-0.3, -0.25) is 5.32 Å². The fourth-order valence-electron chi connectivity index (χ4n) is 3.81. The van der Waals surface area contributed by atoms with Gasteiger partial charge in [-0.1, -0.05) is 44.2 Å². The quantitative estimate of drug-likeness (QED) is 0.335. The van der Waals surface area contributed by atoms with Crippen LogP contribution in [0, 0.1) is 0 Å². The average Bonchev–Trinajstić information content (AvgIpc) is 3.34. The first-order valence-electron chi connectivity index (χ1n) is 11.7. The molecule has 12 heteroatoms. The summed E-state index contributed by atoms with van der Waals surface area (Å²) in [6.07, 6.45) is 2.74. The Morgan fingerprint density at radius 2 is 1.87 bits per heavy atom. The van der Waals surface area contributed by atoms with Gasteiger partial charge in [0.2, 0.25) is 0 Å². The van der Waals surface area contributed by atoms with E-state index in [0.717, 1.165) is 11.3 Å². The molecule has 1 atom stereocenters. The Morgan fingerprint density at radius 1 is 1.13 bits per heavy atom. The first-order chi connectivity index (χ1) is 18.1. The molecule has 3 aromatic rings. The van der Waals surface area contributed by atoms with E-state index in [0.29, 0.717) is 29.5 Å². The van der Waals surface area contributed by atoms with Gasteiger partial charge >= 0.3 is 12.4 Å². The Kier molecular flexibility index (Phi) is 8.10. The molecule has 4 rings (SSSR count). The maximum absolute atomic E-state index is 12.4. The van der Waals surface area contributed by atoms with Crippen molar-refractivity contribution >= 4 is 29.0 Å². The highest BCUT2D eigenvalue weighted by Crippen LogP contribution is 2.26. The zero-order valence-corrected chi connectivity index (χ0v) is 21.3. The van der Waals surface area contributed by atoms with Gasteiger partial charge in [0.15, 0.2) is 10.9 Å². The van der Waals surface area contributed by atoms with Crippen LogP contribution < -0.4 is 20.7 Å². The van der Waals surface area contributed by atoms with Crippen molar-refractivity contribution in [3.05, 3.63) is 90.2 Å². The van der Waals surface area contributed by atoms with Crippen LogP contribution >= 0.6 is 12.2 Å². The number of halogens is 3. The molecule has 198 valence electrons. The Bertz CT molecular complexity index is 1370. The van der Waals surface area contributed by atoms with Crippen LogP contribution in [0.25, 0.3) is 5.69 Å². The van der Waals surface area contributed by atoms with Crippen LogP contribution in [0.5, 0.6) is 5.75 Å². The largest absolute Gasteiger partial charge is 0.573 e. The number of hydrogen-bond acceptors (Lipinski definition) is 5. The first kappa shape index (κ1) is 26.9. The van der Waals surface area contributed by atoms with Crippen molar-refractivity contribution in [2.45, 2.75) is 38.5 Å². The molecule has 0 saturated carbocycles. The van der Waals surface area contributed by atoms with Crippen LogP contribution in [0.4, 0.5) is 23.7 Å². The Hall–Kier alpha value is -4.19.